The van der Waals surface area contributed by atoms with Crippen LogP contribution in [0.25, 0.3) is 11.0 Å². The van der Waals surface area contributed by atoms with Gasteiger partial charge < -0.3 is 9.32 Å². The summed E-state index contributed by atoms with van der Waals surface area (Å²) in [5, 5.41) is 12.2. The highest BCUT2D eigenvalue weighted by atomic mass is 32.1. The van der Waals surface area contributed by atoms with E-state index in [1.54, 1.807) is 24.3 Å². The van der Waals surface area contributed by atoms with Crippen LogP contribution in [0.15, 0.2) is 39.5 Å². The van der Waals surface area contributed by atoms with Crippen molar-refractivity contribution in [3.8, 4) is 0 Å². The van der Waals surface area contributed by atoms with E-state index in [-0.39, 0.29) is 11.2 Å². The molecule has 0 aliphatic heterocycles. The molecule has 1 amide bonds. The van der Waals surface area contributed by atoms with Crippen LogP contribution in [-0.2, 0) is 6.42 Å². The quantitative estimate of drug-likeness (QED) is 0.761. The SMILES string of the molecule is CN(C)CCc1nnc(NC(=O)c2cc(=O)c3ccccc3o2)s1. The fraction of sp³-hybridized carbons (Fsp3) is 0.250. The predicted molar refractivity (Wildman–Crippen MR) is 92.6 cm³/mol. The van der Waals surface area contributed by atoms with Crippen LogP contribution in [0.4, 0.5) is 5.13 Å². The molecular formula is C16H16N4O3S. The number of carbonyl (C=O) groups excluding carboxylic acids is 1. The molecule has 0 saturated heterocycles. The third kappa shape index (κ3) is 3.66. The van der Waals surface area contributed by atoms with Gasteiger partial charge in [0.05, 0.1) is 5.39 Å². The Morgan fingerprint density at radius 3 is 2.88 bits per heavy atom. The van der Waals surface area contributed by atoms with Crippen molar-refractivity contribution in [2.24, 2.45) is 0 Å². The Balaban J connectivity index is 1.77. The Kier molecular flexibility index (Phi) is 4.68. The molecule has 24 heavy (non-hydrogen) atoms. The molecule has 1 N–H and O–H groups in total. The molecule has 124 valence electrons. The monoisotopic (exact) mass is 344 g/mol. The first kappa shape index (κ1) is 16.3. The number of benzene rings is 1. The zero-order valence-corrected chi connectivity index (χ0v) is 14.1. The van der Waals surface area contributed by atoms with Crippen molar-refractivity contribution in [1.29, 1.82) is 0 Å². The summed E-state index contributed by atoms with van der Waals surface area (Å²) in [5.74, 6) is -0.572. The molecule has 0 radical (unpaired) electrons. The van der Waals surface area contributed by atoms with E-state index in [9.17, 15) is 9.59 Å². The van der Waals surface area contributed by atoms with Gasteiger partial charge in [0.25, 0.3) is 5.91 Å². The van der Waals surface area contributed by atoms with Crippen molar-refractivity contribution in [3.05, 3.63) is 51.3 Å². The standard InChI is InChI=1S/C16H16N4O3S/c1-20(2)8-7-14-18-19-16(24-14)17-15(22)13-9-11(21)10-5-3-4-6-12(10)23-13/h3-6,9H,7-8H2,1-2H3,(H,17,19,22). The first-order valence-corrected chi connectivity index (χ1v) is 8.16. The van der Waals surface area contributed by atoms with Crippen LogP contribution in [0.2, 0.25) is 0 Å². The number of carbonyl (C=O) groups is 1. The van der Waals surface area contributed by atoms with Gasteiger partial charge in [0.1, 0.15) is 10.6 Å². The number of para-hydroxylation sites is 1. The van der Waals surface area contributed by atoms with Gasteiger partial charge in [-0.15, -0.1) is 10.2 Å². The number of rotatable bonds is 5. The number of aromatic nitrogens is 2. The van der Waals surface area contributed by atoms with Crippen LogP contribution in [-0.4, -0.2) is 41.6 Å². The van der Waals surface area contributed by atoms with Crippen molar-refractivity contribution >= 4 is 33.3 Å². The summed E-state index contributed by atoms with van der Waals surface area (Å²) in [5.41, 5.74) is 0.116. The van der Waals surface area contributed by atoms with Crippen LogP contribution in [0.1, 0.15) is 15.6 Å². The summed E-state index contributed by atoms with van der Waals surface area (Å²) < 4.78 is 5.50. The predicted octanol–water partition coefficient (Wildman–Crippen LogP) is 2.00. The van der Waals surface area contributed by atoms with E-state index in [1.165, 1.54) is 17.4 Å². The Morgan fingerprint density at radius 1 is 1.29 bits per heavy atom. The van der Waals surface area contributed by atoms with Gasteiger partial charge in [0.15, 0.2) is 11.2 Å². The minimum atomic E-state index is -0.520. The molecule has 1 aromatic carbocycles. The van der Waals surface area contributed by atoms with Gasteiger partial charge in [-0.25, -0.2) is 0 Å². The van der Waals surface area contributed by atoms with Crippen LogP contribution < -0.4 is 10.7 Å². The van der Waals surface area contributed by atoms with E-state index in [4.69, 9.17) is 4.42 Å². The molecule has 0 bridgehead atoms. The molecule has 0 saturated carbocycles. The number of likely N-dealkylation sites (N-methyl/N-ethyl adjacent to an activating group) is 1. The zero-order valence-electron chi connectivity index (χ0n) is 13.3. The first-order valence-electron chi connectivity index (χ1n) is 7.34. The second kappa shape index (κ2) is 6.90. The molecule has 7 nitrogen and oxygen atoms in total. The summed E-state index contributed by atoms with van der Waals surface area (Å²) in [4.78, 5) is 26.4. The minimum Gasteiger partial charge on any atom is -0.451 e. The Labute approximate surface area is 141 Å². The number of nitrogens with one attached hydrogen (secondary N) is 1. The van der Waals surface area contributed by atoms with Gasteiger partial charge >= 0.3 is 0 Å². The van der Waals surface area contributed by atoms with Crippen molar-refractivity contribution in [2.75, 3.05) is 26.0 Å². The molecule has 0 spiro atoms. The average Bonchev–Trinajstić information content (AvgIpc) is 3.00. The highest BCUT2D eigenvalue weighted by Gasteiger charge is 2.15. The normalized spacial score (nSPS) is 11.1. The summed E-state index contributed by atoms with van der Waals surface area (Å²) >= 11 is 1.31. The second-order valence-electron chi connectivity index (χ2n) is 5.48. The van der Waals surface area contributed by atoms with Crippen LogP contribution >= 0.6 is 11.3 Å². The largest absolute Gasteiger partial charge is 0.451 e. The highest BCUT2D eigenvalue weighted by Crippen LogP contribution is 2.18. The van der Waals surface area contributed by atoms with E-state index >= 15 is 0 Å². The number of fused-ring (bicyclic) bond motifs is 1. The lowest BCUT2D eigenvalue weighted by molar-refractivity contribution is 0.0997. The molecule has 3 aromatic rings. The smallest absolute Gasteiger partial charge is 0.293 e. The minimum absolute atomic E-state index is 0.0521. The summed E-state index contributed by atoms with van der Waals surface area (Å²) in [6.45, 7) is 0.849. The molecular weight excluding hydrogens is 328 g/mol. The molecule has 0 unspecified atom stereocenters. The topological polar surface area (TPSA) is 88.3 Å². The number of anilines is 1. The van der Waals surface area contributed by atoms with Gasteiger partial charge in [-0.1, -0.05) is 23.5 Å². The van der Waals surface area contributed by atoms with Crippen molar-refractivity contribution in [1.82, 2.24) is 15.1 Å². The fourth-order valence-corrected chi connectivity index (χ4v) is 2.82. The maximum atomic E-state index is 12.3. The molecule has 3 rings (SSSR count). The lowest BCUT2D eigenvalue weighted by Gasteiger charge is -2.05. The van der Waals surface area contributed by atoms with Crippen molar-refractivity contribution in [2.45, 2.75) is 6.42 Å². The van der Waals surface area contributed by atoms with Gasteiger partial charge in [-0.2, -0.15) is 0 Å². The van der Waals surface area contributed by atoms with Crippen molar-refractivity contribution in [3.63, 3.8) is 0 Å². The molecule has 0 aliphatic carbocycles. The van der Waals surface area contributed by atoms with Crippen LogP contribution in [0.5, 0.6) is 0 Å². The maximum absolute atomic E-state index is 12.3. The summed E-state index contributed by atoms with van der Waals surface area (Å²) in [7, 11) is 3.96. The van der Waals surface area contributed by atoms with Gasteiger partial charge in [-0.05, 0) is 26.2 Å². The molecule has 2 aromatic heterocycles. The second-order valence-corrected chi connectivity index (χ2v) is 6.54. The number of nitrogens with zero attached hydrogens (tertiary/aromatic N) is 3. The van der Waals surface area contributed by atoms with E-state index in [1.807, 2.05) is 19.0 Å². The van der Waals surface area contributed by atoms with Crippen molar-refractivity contribution < 1.29 is 9.21 Å². The summed E-state index contributed by atoms with van der Waals surface area (Å²) in [6.07, 6.45) is 0.756. The molecule has 0 atom stereocenters. The van der Waals surface area contributed by atoms with E-state index in [0.717, 1.165) is 18.0 Å². The fourth-order valence-electron chi connectivity index (χ4n) is 2.10. The number of amides is 1. The zero-order chi connectivity index (χ0) is 17.1. The van der Waals surface area contributed by atoms with E-state index in [2.05, 4.69) is 15.5 Å². The first-order chi connectivity index (χ1) is 11.5. The number of hydrogen-bond acceptors (Lipinski definition) is 7. The Morgan fingerprint density at radius 2 is 2.08 bits per heavy atom. The summed E-state index contributed by atoms with van der Waals surface area (Å²) in [6, 6.07) is 7.98. The number of hydrogen-bond donors (Lipinski definition) is 1. The lowest BCUT2D eigenvalue weighted by atomic mass is 10.2. The lowest BCUT2D eigenvalue weighted by Crippen LogP contribution is -2.15. The van der Waals surface area contributed by atoms with Crippen LogP contribution in [0.3, 0.4) is 0 Å². The molecule has 0 aliphatic rings. The third-order valence-electron chi connectivity index (χ3n) is 3.32. The molecule has 2 heterocycles. The highest BCUT2D eigenvalue weighted by molar-refractivity contribution is 7.15. The van der Waals surface area contributed by atoms with Gasteiger partial charge in [0, 0.05) is 19.0 Å². The molecule has 0 fully saturated rings. The Bertz CT molecular complexity index is 932. The van der Waals surface area contributed by atoms with E-state index in [0.29, 0.717) is 16.1 Å². The Hall–Kier alpha value is -2.58. The van der Waals surface area contributed by atoms with Gasteiger partial charge in [-0.3, -0.25) is 14.9 Å². The van der Waals surface area contributed by atoms with Gasteiger partial charge in [0.2, 0.25) is 5.13 Å². The maximum Gasteiger partial charge on any atom is 0.293 e. The van der Waals surface area contributed by atoms with E-state index < -0.39 is 5.91 Å². The average molecular weight is 344 g/mol. The molecule has 8 heteroatoms. The van der Waals surface area contributed by atoms with Crippen LogP contribution in [0, 0.1) is 0 Å². The third-order valence-corrected chi connectivity index (χ3v) is 4.22.